The number of cyclic esters (lactones) is 1. The van der Waals surface area contributed by atoms with Gasteiger partial charge >= 0.3 is 19.8 Å². The predicted molar refractivity (Wildman–Crippen MR) is 113 cm³/mol. The SMILES string of the molecule is C=C1CCC2[C@](C)(CC[C@@H](OP(=O)(O)O)[C@@]2(C)COC(C)=O)C1/C=C/C1=CCOC1=O. The molecule has 5 atom stereocenters. The molecule has 0 aromatic heterocycles. The molecular weight excluding hydrogens is 423 g/mol. The van der Waals surface area contributed by atoms with Crippen LogP contribution in [0.15, 0.2) is 36.0 Å². The number of hydrogen-bond donors (Lipinski definition) is 2. The highest BCUT2D eigenvalue weighted by Gasteiger charge is 2.59. The number of fused-ring (bicyclic) bond motifs is 1. The fraction of sp³-hybridized carbons (Fsp3) is 0.636. The van der Waals surface area contributed by atoms with Gasteiger partial charge in [-0.2, -0.15) is 0 Å². The zero-order valence-corrected chi connectivity index (χ0v) is 19.1. The standard InChI is InChI=1S/C22H31O8P/c1-14-5-8-18-21(3,17(14)7-6-16-10-12-28-20(16)24)11-9-19(30-31(25,26)27)22(18,4)13-29-15(2)23/h6-7,10,17-19H,1,5,8-9,11-13H2,2-4H3,(H2,25,26,27)/b7-6+/t17?,18?,19-,21-,22+/m1/s1. The van der Waals surface area contributed by atoms with Gasteiger partial charge in [-0.1, -0.05) is 38.2 Å². The van der Waals surface area contributed by atoms with Crippen molar-refractivity contribution in [1.29, 1.82) is 0 Å². The van der Waals surface area contributed by atoms with Crippen LogP contribution in [0.25, 0.3) is 0 Å². The maximum Gasteiger partial charge on any atom is 0.469 e. The molecule has 2 aliphatic carbocycles. The first-order valence-corrected chi connectivity index (χ1v) is 12.0. The van der Waals surface area contributed by atoms with Crippen LogP contribution in [0.4, 0.5) is 0 Å². The highest BCUT2D eigenvalue weighted by molar-refractivity contribution is 7.46. The molecule has 2 unspecified atom stereocenters. The van der Waals surface area contributed by atoms with Gasteiger partial charge in [0.1, 0.15) is 6.61 Å². The first-order valence-electron chi connectivity index (χ1n) is 10.5. The molecule has 1 aliphatic heterocycles. The van der Waals surface area contributed by atoms with Gasteiger partial charge in [-0.05, 0) is 43.1 Å². The van der Waals surface area contributed by atoms with Crippen LogP contribution in [-0.4, -0.2) is 41.0 Å². The number of esters is 2. The molecular formula is C22H31O8P. The zero-order valence-electron chi connectivity index (χ0n) is 18.2. The molecule has 9 heteroatoms. The summed E-state index contributed by atoms with van der Waals surface area (Å²) in [5, 5.41) is 0. The largest absolute Gasteiger partial charge is 0.469 e. The van der Waals surface area contributed by atoms with Crippen molar-refractivity contribution in [2.45, 2.75) is 52.6 Å². The van der Waals surface area contributed by atoms with E-state index in [-0.39, 0.29) is 36.4 Å². The van der Waals surface area contributed by atoms with E-state index < -0.39 is 25.3 Å². The number of phosphoric ester groups is 1. The van der Waals surface area contributed by atoms with Gasteiger partial charge in [-0.15, -0.1) is 0 Å². The van der Waals surface area contributed by atoms with Gasteiger partial charge in [-0.25, -0.2) is 9.36 Å². The Morgan fingerprint density at radius 2 is 2.10 bits per heavy atom. The Labute approximate surface area is 182 Å². The lowest BCUT2D eigenvalue weighted by Crippen LogP contribution is -2.58. The Morgan fingerprint density at radius 1 is 1.39 bits per heavy atom. The number of carbonyl (C=O) groups excluding carboxylic acids is 2. The second-order valence-electron chi connectivity index (χ2n) is 9.26. The Balaban J connectivity index is 1.96. The molecule has 172 valence electrons. The van der Waals surface area contributed by atoms with Gasteiger partial charge in [0.25, 0.3) is 0 Å². The molecule has 2 fully saturated rings. The Kier molecular flexibility index (Phi) is 6.68. The summed E-state index contributed by atoms with van der Waals surface area (Å²) in [4.78, 5) is 42.3. The molecule has 0 saturated heterocycles. The van der Waals surface area contributed by atoms with Crippen LogP contribution in [0.5, 0.6) is 0 Å². The molecule has 1 heterocycles. The van der Waals surface area contributed by atoms with Gasteiger partial charge in [0.15, 0.2) is 0 Å². The van der Waals surface area contributed by atoms with Crippen molar-refractivity contribution in [1.82, 2.24) is 0 Å². The lowest BCUT2D eigenvalue weighted by molar-refractivity contribution is -0.168. The van der Waals surface area contributed by atoms with Crippen molar-refractivity contribution in [3.05, 3.63) is 36.0 Å². The molecule has 0 radical (unpaired) electrons. The summed E-state index contributed by atoms with van der Waals surface area (Å²) in [5.41, 5.74) is 0.460. The minimum atomic E-state index is -4.72. The Morgan fingerprint density at radius 3 is 2.68 bits per heavy atom. The molecule has 3 rings (SSSR count). The maximum atomic E-state index is 11.8. The fourth-order valence-electron chi connectivity index (χ4n) is 5.76. The van der Waals surface area contributed by atoms with E-state index in [1.807, 2.05) is 13.0 Å². The summed E-state index contributed by atoms with van der Waals surface area (Å²) in [5.74, 6) is -0.896. The van der Waals surface area contributed by atoms with Crippen molar-refractivity contribution < 1.29 is 37.9 Å². The number of ether oxygens (including phenoxy) is 2. The molecule has 0 spiro atoms. The molecule has 2 saturated carbocycles. The normalized spacial score (nSPS) is 36.2. The monoisotopic (exact) mass is 454 g/mol. The minimum absolute atomic E-state index is 0.00759. The van der Waals surface area contributed by atoms with Crippen LogP contribution < -0.4 is 0 Å². The fourth-order valence-corrected chi connectivity index (χ4v) is 6.44. The van der Waals surface area contributed by atoms with E-state index in [4.69, 9.17) is 14.0 Å². The zero-order chi connectivity index (χ0) is 23.0. The van der Waals surface area contributed by atoms with Crippen LogP contribution in [0.3, 0.4) is 0 Å². The highest BCUT2D eigenvalue weighted by atomic mass is 31.2. The molecule has 31 heavy (non-hydrogen) atoms. The van der Waals surface area contributed by atoms with Crippen molar-refractivity contribution in [2.75, 3.05) is 13.2 Å². The smallest absolute Gasteiger partial charge is 0.465 e. The lowest BCUT2D eigenvalue weighted by Gasteiger charge is -2.60. The lowest BCUT2D eigenvalue weighted by atomic mass is 9.46. The first-order chi connectivity index (χ1) is 14.4. The van der Waals surface area contributed by atoms with Gasteiger partial charge in [0.2, 0.25) is 0 Å². The maximum absolute atomic E-state index is 11.8. The first kappa shape index (κ1) is 23.9. The summed E-state index contributed by atoms with van der Waals surface area (Å²) < 4.78 is 27.2. The molecule has 2 N–H and O–H groups in total. The van der Waals surface area contributed by atoms with E-state index in [1.54, 1.807) is 12.2 Å². The number of phosphoric acid groups is 1. The van der Waals surface area contributed by atoms with E-state index >= 15 is 0 Å². The average Bonchev–Trinajstić information content (AvgIpc) is 3.06. The van der Waals surface area contributed by atoms with Crippen molar-refractivity contribution in [2.24, 2.45) is 22.7 Å². The third-order valence-corrected chi connectivity index (χ3v) is 7.78. The molecule has 8 nitrogen and oxygen atoms in total. The van der Waals surface area contributed by atoms with Crippen LogP contribution in [-0.2, 0) is 28.2 Å². The number of allylic oxidation sites excluding steroid dienone is 2. The van der Waals surface area contributed by atoms with Gasteiger partial charge in [-0.3, -0.25) is 9.32 Å². The van der Waals surface area contributed by atoms with E-state index in [0.717, 1.165) is 18.4 Å². The number of rotatable bonds is 6. The predicted octanol–water partition coefficient (Wildman–Crippen LogP) is 3.46. The van der Waals surface area contributed by atoms with Crippen LogP contribution in [0, 0.1) is 22.7 Å². The second-order valence-corrected chi connectivity index (χ2v) is 10.5. The topological polar surface area (TPSA) is 119 Å². The van der Waals surface area contributed by atoms with Crippen LogP contribution in [0.2, 0.25) is 0 Å². The van der Waals surface area contributed by atoms with E-state index in [1.165, 1.54) is 6.92 Å². The van der Waals surface area contributed by atoms with E-state index in [2.05, 4.69) is 13.5 Å². The van der Waals surface area contributed by atoms with Crippen LogP contribution in [0.1, 0.15) is 46.5 Å². The van der Waals surface area contributed by atoms with E-state index in [0.29, 0.717) is 18.4 Å². The summed E-state index contributed by atoms with van der Waals surface area (Å²) in [6, 6.07) is 0. The minimum Gasteiger partial charge on any atom is -0.465 e. The molecule has 0 aromatic carbocycles. The molecule has 0 aromatic rings. The summed E-state index contributed by atoms with van der Waals surface area (Å²) in [6.07, 6.45) is 7.26. The summed E-state index contributed by atoms with van der Waals surface area (Å²) >= 11 is 0. The van der Waals surface area contributed by atoms with Gasteiger partial charge < -0.3 is 19.3 Å². The third-order valence-electron chi connectivity index (χ3n) is 7.25. The molecule has 0 bridgehead atoms. The third kappa shape index (κ3) is 4.87. The quantitative estimate of drug-likeness (QED) is 0.356. The highest BCUT2D eigenvalue weighted by Crippen LogP contribution is 2.63. The number of carbonyl (C=O) groups is 2. The Bertz CT molecular complexity index is 871. The van der Waals surface area contributed by atoms with Crippen molar-refractivity contribution >= 4 is 19.8 Å². The average molecular weight is 454 g/mol. The second kappa shape index (κ2) is 8.66. The number of hydrogen-bond acceptors (Lipinski definition) is 6. The summed E-state index contributed by atoms with van der Waals surface area (Å²) in [7, 11) is -4.72. The van der Waals surface area contributed by atoms with Crippen molar-refractivity contribution in [3.8, 4) is 0 Å². The van der Waals surface area contributed by atoms with Crippen molar-refractivity contribution in [3.63, 3.8) is 0 Å². The van der Waals surface area contributed by atoms with Crippen LogP contribution >= 0.6 is 7.82 Å². The molecule has 3 aliphatic rings. The van der Waals surface area contributed by atoms with Gasteiger partial charge in [0.05, 0.1) is 18.3 Å². The Hall–Kier alpha value is -1.73. The van der Waals surface area contributed by atoms with Gasteiger partial charge in [0, 0.05) is 18.3 Å². The van der Waals surface area contributed by atoms with E-state index in [9.17, 15) is 23.9 Å². The summed E-state index contributed by atoms with van der Waals surface area (Å²) in [6.45, 7) is 9.87. The molecule has 0 amide bonds.